The minimum Gasteiger partial charge on any atom is -0.394 e. The minimum atomic E-state index is -1.79. The summed E-state index contributed by atoms with van der Waals surface area (Å²) in [5.74, 6) is -0.253. The molecule has 0 saturated carbocycles. The fourth-order valence-corrected chi connectivity index (χ4v) is 8.07. The highest BCUT2D eigenvalue weighted by molar-refractivity contribution is 5.76. The molecule has 12 atom stereocenters. The lowest BCUT2D eigenvalue weighted by Crippen LogP contribution is -2.65. The quantitative estimate of drug-likeness (QED) is 0.0267. The fraction of sp³-hybridized carbons (Fsp3) is 0.896. The number of aliphatic hydroxyl groups is 8. The molecule has 12 unspecified atom stereocenters. The maximum absolute atomic E-state index is 13.1. The Morgan fingerprint density at radius 3 is 1.58 bits per heavy atom. The van der Waals surface area contributed by atoms with Gasteiger partial charge in [0.15, 0.2) is 12.6 Å². The molecule has 14 nitrogen and oxygen atoms in total. The molecular weight excluding hydrogens is 799 g/mol. The predicted octanol–water partition coefficient (Wildman–Crippen LogP) is 5.77. The Bertz CT molecular complexity index is 1140. The topological polar surface area (TPSA) is 228 Å². The molecule has 0 aromatic carbocycles. The Morgan fingerprint density at radius 2 is 1.03 bits per heavy atom. The molecule has 364 valence electrons. The summed E-state index contributed by atoms with van der Waals surface area (Å²) >= 11 is 0. The summed E-state index contributed by atoms with van der Waals surface area (Å²) in [6, 6.07) is -0.924. The normalized spacial score (nSPS) is 27.9. The number of ether oxygens (including phenoxy) is 4. The van der Waals surface area contributed by atoms with Gasteiger partial charge >= 0.3 is 0 Å². The molecule has 0 radical (unpaired) electrons. The Kier molecular flexibility index (Phi) is 32.6. The number of rotatable bonds is 37. The molecule has 2 saturated heterocycles. The zero-order valence-electron chi connectivity index (χ0n) is 38.4. The van der Waals surface area contributed by atoms with Gasteiger partial charge in [-0.25, -0.2) is 0 Å². The van der Waals surface area contributed by atoms with E-state index in [1.165, 1.54) is 116 Å². The fourth-order valence-electron chi connectivity index (χ4n) is 8.07. The van der Waals surface area contributed by atoms with Crippen molar-refractivity contribution in [1.29, 1.82) is 0 Å². The molecule has 0 aromatic rings. The number of unbranched alkanes of at least 4 members (excludes halogenated alkanes) is 22. The van der Waals surface area contributed by atoms with E-state index in [2.05, 4.69) is 31.3 Å². The number of aliphatic hydroxyl groups excluding tert-OH is 8. The lowest BCUT2D eigenvalue weighted by Gasteiger charge is -2.46. The van der Waals surface area contributed by atoms with Crippen LogP contribution in [0, 0.1) is 0 Å². The molecule has 2 fully saturated rings. The maximum Gasteiger partial charge on any atom is 0.220 e. The summed E-state index contributed by atoms with van der Waals surface area (Å²) in [4.78, 5) is 13.1. The molecule has 2 rings (SSSR count). The minimum absolute atomic E-state index is 0.253. The molecular formula is C48H89NO13. The highest BCUT2D eigenvalue weighted by Crippen LogP contribution is 2.30. The van der Waals surface area contributed by atoms with Gasteiger partial charge in [0, 0.05) is 6.42 Å². The average molecular weight is 888 g/mol. The smallest absolute Gasteiger partial charge is 0.220 e. The third kappa shape index (κ3) is 23.1. The van der Waals surface area contributed by atoms with E-state index in [1.54, 1.807) is 6.08 Å². The first kappa shape index (κ1) is 56.6. The first-order valence-electron chi connectivity index (χ1n) is 24.6. The molecule has 0 aromatic heterocycles. The number of hydrogen-bond acceptors (Lipinski definition) is 13. The highest BCUT2D eigenvalue weighted by atomic mass is 16.7. The van der Waals surface area contributed by atoms with Crippen LogP contribution in [0.25, 0.3) is 0 Å². The van der Waals surface area contributed by atoms with Gasteiger partial charge in [0.1, 0.15) is 48.8 Å². The van der Waals surface area contributed by atoms with Gasteiger partial charge in [-0.3, -0.25) is 4.79 Å². The van der Waals surface area contributed by atoms with E-state index in [9.17, 15) is 45.6 Å². The van der Waals surface area contributed by atoms with Crippen molar-refractivity contribution in [2.45, 2.75) is 254 Å². The van der Waals surface area contributed by atoms with Crippen LogP contribution in [-0.4, -0.2) is 140 Å². The summed E-state index contributed by atoms with van der Waals surface area (Å²) < 4.78 is 22.6. The van der Waals surface area contributed by atoms with Gasteiger partial charge in [-0.2, -0.15) is 0 Å². The molecule has 14 heteroatoms. The van der Waals surface area contributed by atoms with Crippen molar-refractivity contribution in [3.05, 3.63) is 24.3 Å². The molecule has 1 amide bonds. The van der Waals surface area contributed by atoms with Gasteiger partial charge in [0.05, 0.1) is 32.0 Å². The second-order valence-electron chi connectivity index (χ2n) is 17.6. The summed E-state index contributed by atoms with van der Waals surface area (Å²) in [6.45, 7) is 2.73. The van der Waals surface area contributed by atoms with Gasteiger partial charge in [0.25, 0.3) is 0 Å². The third-order valence-electron chi connectivity index (χ3n) is 12.1. The van der Waals surface area contributed by atoms with Crippen LogP contribution < -0.4 is 5.32 Å². The Balaban J connectivity index is 1.86. The molecule has 2 aliphatic rings. The zero-order valence-corrected chi connectivity index (χ0v) is 38.4. The van der Waals surface area contributed by atoms with E-state index in [0.717, 1.165) is 32.1 Å². The number of nitrogens with one attached hydrogen (secondary N) is 1. The SMILES string of the molecule is CCCCCCCCCCCCCCC/C=C/CC/C=C/C(O)C(COC1OC(CO)C(OC2OC(CO)C(O)C(O)C2O)C(O)C1O)NC(=O)CCCCCCCCCCC. The first-order valence-corrected chi connectivity index (χ1v) is 24.6. The van der Waals surface area contributed by atoms with E-state index >= 15 is 0 Å². The van der Waals surface area contributed by atoms with Gasteiger partial charge in [-0.15, -0.1) is 0 Å². The van der Waals surface area contributed by atoms with Crippen molar-refractivity contribution in [2.24, 2.45) is 0 Å². The van der Waals surface area contributed by atoms with Crippen molar-refractivity contribution < 1.29 is 64.6 Å². The van der Waals surface area contributed by atoms with Gasteiger partial charge < -0.3 is 65.1 Å². The van der Waals surface area contributed by atoms with E-state index in [4.69, 9.17) is 18.9 Å². The van der Waals surface area contributed by atoms with E-state index in [0.29, 0.717) is 12.8 Å². The second kappa shape index (κ2) is 35.7. The van der Waals surface area contributed by atoms with Crippen molar-refractivity contribution >= 4 is 5.91 Å². The van der Waals surface area contributed by atoms with Crippen LogP contribution >= 0.6 is 0 Å². The van der Waals surface area contributed by atoms with Crippen LogP contribution in [0.1, 0.15) is 181 Å². The first-order chi connectivity index (χ1) is 30.1. The predicted molar refractivity (Wildman–Crippen MR) is 240 cm³/mol. The van der Waals surface area contributed by atoms with Crippen molar-refractivity contribution in [3.63, 3.8) is 0 Å². The number of allylic oxidation sites excluding steroid dienone is 3. The van der Waals surface area contributed by atoms with Crippen LogP contribution in [-0.2, 0) is 23.7 Å². The van der Waals surface area contributed by atoms with Crippen LogP contribution in [0.3, 0.4) is 0 Å². The van der Waals surface area contributed by atoms with Gasteiger partial charge in [-0.05, 0) is 32.1 Å². The molecule has 2 aliphatic heterocycles. The van der Waals surface area contributed by atoms with Crippen LogP contribution in [0.5, 0.6) is 0 Å². The van der Waals surface area contributed by atoms with E-state index < -0.39 is 86.8 Å². The summed E-state index contributed by atoms with van der Waals surface area (Å²) in [6.07, 6.45) is 21.0. The lowest BCUT2D eigenvalue weighted by atomic mass is 9.97. The van der Waals surface area contributed by atoms with Crippen LogP contribution in [0.4, 0.5) is 0 Å². The summed E-state index contributed by atoms with van der Waals surface area (Å²) in [5, 5.41) is 86.5. The van der Waals surface area contributed by atoms with Gasteiger partial charge in [0.2, 0.25) is 5.91 Å². The van der Waals surface area contributed by atoms with Crippen molar-refractivity contribution in [3.8, 4) is 0 Å². The van der Waals surface area contributed by atoms with E-state index in [1.807, 2.05) is 6.08 Å². The Labute approximate surface area is 373 Å². The summed E-state index contributed by atoms with van der Waals surface area (Å²) in [7, 11) is 0. The Hall–Kier alpha value is -1.53. The molecule has 0 aliphatic carbocycles. The second-order valence-corrected chi connectivity index (χ2v) is 17.6. The monoisotopic (exact) mass is 888 g/mol. The van der Waals surface area contributed by atoms with E-state index in [-0.39, 0.29) is 18.9 Å². The highest BCUT2D eigenvalue weighted by Gasteiger charge is 2.51. The standard InChI is InChI=1S/C48H89NO13/c1-3-5-7-9-11-13-14-15-16-17-18-19-20-21-22-24-25-27-29-31-37(52)36(49-40(53)32-30-28-26-23-12-10-8-6-4-2)35-59-47-45(58)43(56)46(39(34-51)61-47)62-48-44(57)42(55)41(54)38(33-50)60-48/h22,24,29,31,36-39,41-48,50-52,54-58H,3-21,23,25-28,30,32-35H2,1-2H3,(H,49,53)/b24-22+,31-29+. The van der Waals surface area contributed by atoms with Gasteiger partial charge in [-0.1, -0.05) is 167 Å². The molecule has 0 bridgehead atoms. The third-order valence-corrected chi connectivity index (χ3v) is 12.1. The zero-order chi connectivity index (χ0) is 45.4. The largest absolute Gasteiger partial charge is 0.394 e. The Morgan fingerprint density at radius 1 is 0.565 bits per heavy atom. The van der Waals surface area contributed by atoms with Crippen LogP contribution in [0.2, 0.25) is 0 Å². The van der Waals surface area contributed by atoms with Crippen LogP contribution in [0.15, 0.2) is 24.3 Å². The van der Waals surface area contributed by atoms with Crippen molar-refractivity contribution in [2.75, 3.05) is 19.8 Å². The number of hydrogen-bond donors (Lipinski definition) is 9. The number of carbonyl (C=O) groups is 1. The maximum atomic E-state index is 13.1. The molecule has 0 spiro atoms. The number of amides is 1. The average Bonchev–Trinajstić information content (AvgIpc) is 3.27. The number of carbonyl (C=O) groups excluding carboxylic acids is 1. The van der Waals surface area contributed by atoms with Crippen molar-refractivity contribution in [1.82, 2.24) is 5.32 Å². The summed E-state index contributed by atoms with van der Waals surface area (Å²) in [5.41, 5.74) is 0. The molecule has 9 N–H and O–H groups in total. The molecule has 2 heterocycles. The molecule has 62 heavy (non-hydrogen) atoms. The lowest BCUT2D eigenvalue weighted by molar-refractivity contribution is -0.359.